The summed E-state index contributed by atoms with van der Waals surface area (Å²) >= 11 is 0. The Kier molecular flexibility index (Phi) is 8.07. The molecule has 1 spiro atoms. The smallest absolute Gasteiger partial charge is 0.213 e. The lowest BCUT2D eigenvalue weighted by molar-refractivity contribution is -0.0789. The molecule has 200 valence electrons. The Morgan fingerprint density at radius 2 is 1.82 bits per heavy atom. The van der Waals surface area contributed by atoms with Gasteiger partial charge in [0.25, 0.3) is 0 Å². The van der Waals surface area contributed by atoms with E-state index in [4.69, 9.17) is 15.3 Å². The SMILES string of the molecule is COc1ccc(C(C(=P)N(N)CCCN2CCC3(CC2)OCc2cc(F)ncc23)c2ccc(F)nc2)cn1. The summed E-state index contributed by atoms with van der Waals surface area (Å²) in [6.07, 6.45) is 7.40. The normalized spacial score (nSPS) is 17.5. The van der Waals surface area contributed by atoms with E-state index in [9.17, 15) is 8.78 Å². The summed E-state index contributed by atoms with van der Waals surface area (Å²) in [5.74, 6) is 5.68. The van der Waals surface area contributed by atoms with Crippen LogP contribution in [0, 0.1) is 11.9 Å². The number of rotatable bonds is 9. The molecular formula is C27H31F2N6O2P. The molecule has 2 aliphatic rings. The second-order valence-corrected chi connectivity index (χ2v) is 10.2. The lowest BCUT2D eigenvalue weighted by Crippen LogP contribution is -2.44. The Hall–Kier alpha value is -2.88. The maximum absolute atomic E-state index is 13.5. The number of ether oxygens (including phenoxy) is 2. The van der Waals surface area contributed by atoms with Crippen LogP contribution in [0.5, 0.6) is 5.88 Å². The number of aromatic nitrogens is 3. The molecule has 1 fully saturated rings. The molecule has 0 amide bonds. The van der Waals surface area contributed by atoms with Crippen molar-refractivity contribution in [3.8, 4) is 5.88 Å². The van der Waals surface area contributed by atoms with Gasteiger partial charge in [0.05, 0.1) is 25.2 Å². The minimum absolute atomic E-state index is 0.309. The summed E-state index contributed by atoms with van der Waals surface area (Å²) in [4.78, 5) is 14.4. The Morgan fingerprint density at radius 3 is 2.47 bits per heavy atom. The minimum Gasteiger partial charge on any atom is -0.481 e. The van der Waals surface area contributed by atoms with Crippen LogP contribution in [0.4, 0.5) is 8.78 Å². The first-order valence-electron chi connectivity index (χ1n) is 12.6. The van der Waals surface area contributed by atoms with Gasteiger partial charge in [-0.3, -0.25) is 5.84 Å². The van der Waals surface area contributed by atoms with Crippen molar-refractivity contribution in [1.29, 1.82) is 0 Å². The average Bonchev–Trinajstić information content (AvgIpc) is 3.28. The fraction of sp³-hybridized carbons (Fsp3) is 0.407. The van der Waals surface area contributed by atoms with Gasteiger partial charge in [-0.25, -0.2) is 20.0 Å². The highest BCUT2D eigenvalue weighted by Crippen LogP contribution is 2.43. The van der Waals surface area contributed by atoms with Crippen molar-refractivity contribution < 1.29 is 18.3 Å². The van der Waals surface area contributed by atoms with E-state index in [1.807, 2.05) is 6.07 Å². The Balaban J connectivity index is 1.18. The zero-order chi connectivity index (χ0) is 26.7. The number of nitrogens with two attached hydrogens (primary N) is 1. The highest BCUT2D eigenvalue weighted by molar-refractivity contribution is 7.21. The lowest BCUT2D eigenvalue weighted by atomic mass is 9.84. The summed E-state index contributed by atoms with van der Waals surface area (Å²) in [6, 6.07) is 8.20. The van der Waals surface area contributed by atoms with E-state index in [0.29, 0.717) is 19.0 Å². The number of pyridine rings is 3. The van der Waals surface area contributed by atoms with E-state index in [2.05, 4.69) is 28.7 Å². The molecule has 8 nitrogen and oxygen atoms in total. The monoisotopic (exact) mass is 540 g/mol. The number of hydrazine groups is 1. The molecule has 0 bridgehead atoms. The van der Waals surface area contributed by atoms with Crippen molar-refractivity contribution in [3.63, 3.8) is 0 Å². The molecule has 1 atom stereocenters. The van der Waals surface area contributed by atoms with Gasteiger partial charge in [0.2, 0.25) is 17.8 Å². The Morgan fingerprint density at radius 1 is 1.11 bits per heavy atom. The molecule has 11 heteroatoms. The van der Waals surface area contributed by atoms with Gasteiger partial charge in [-0.1, -0.05) is 12.1 Å². The second-order valence-electron chi connectivity index (χ2n) is 9.70. The van der Waals surface area contributed by atoms with Crippen molar-refractivity contribution in [2.24, 2.45) is 5.84 Å². The molecule has 0 saturated carbocycles. The van der Waals surface area contributed by atoms with Gasteiger partial charge in [0.1, 0.15) is 0 Å². The first-order valence-corrected chi connectivity index (χ1v) is 13.1. The number of hydrogen-bond acceptors (Lipinski definition) is 7. The topological polar surface area (TPSA) is 89.6 Å². The van der Waals surface area contributed by atoms with Crippen molar-refractivity contribution in [1.82, 2.24) is 24.9 Å². The zero-order valence-corrected chi connectivity index (χ0v) is 22.2. The number of nitrogens with zero attached hydrogens (tertiary/aromatic N) is 5. The maximum Gasteiger partial charge on any atom is 0.213 e. The van der Waals surface area contributed by atoms with Crippen molar-refractivity contribution in [2.75, 3.05) is 33.3 Å². The fourth-order valence-electron chi connectivity index (χ4n) is 5.34. The van der Waals surface area contributed by atoms with Gasteiger partial charge in [0, 0.05) is 55.3 Å². The third-order valence-electron chi connectivity index (χ3n) is 7.46. The van der Waals surface area contributed by atoms with Crippen LogP contribution < -0.4 is 10.6 Å². The average molecular weight is 541 g/mol. The molecule has 5 rings (SSSR count). The molecule has 3 aromatic heterocycles. The second kappa shape index (κ2) is 11.5. The van der Waals surface area contributed by atoms with Crippen LogP contribution in [0.1, 0.15) is 47.4 Å². The summed E-state index contributed by atoms with van der Waals surface area (Å²) in [5.41, 5.74) is 3.95. The molecule has 0 aliphatic carbocycles. The van der Waals surface area contributed by atoms with Crippen LogP contribution in [0.15, 0.2) is 48.9 Å². The first-order chi connectivity index (χ1) is 18.4. The molecule has 2 aliphatic heterocycles. The maximum atomic E-state index is 13.5. The molecule has 1 saturated heterocycles. The highest BCUT2D eigenvalue weighted by atomic mass is 31.0. The highest BCUT2D eigenvalue weighted by Gasteiger charge is 2.43. The van der Waals surface area contributed by atoms with E-state index in [0.717, 1.165) is 66.6 Å². The third-order valence-corrected chi connectivity index (χ3v) is 8.03. The van der Waals surface area contributed by atoms with Crippen LogP contribution in [0.25, 0.3) is 0 Å². The number of fused-ring (bicyclic) bond motifs is 2. The molecule has 0 radical (unpaired) electrons. The number of hydrogen-bond donors (Lipinski definition) is 1. The van der Waals surface area contributed by atoms with Crippen LogP contribution in [0.2, 0.25) is 0 Å². The molecule has 2 N–H and O–H groups in total. The molecule has 5 heterocycles. The van der Waals surface area contributed by atoms with Gasteiger partial charge >= 0.3 is 0 Å². The Bertz CT molecular complexity index is 1270. The quantitative estimate of drug-likeness (QED) is 0.191. The largest absolute Gasteiger partial charge is 0.481 e. The van der Waals surface area contributed by atoms with Crippen LogP contribution >= 0.6 is 8.86 Å². The van der Waals surface area contributed by atoms with E-state index in [1.165, 1.54) is 18.3 Å². The van der Waals surface area contributed by atoms with Crippen molar-refractivity contribution in [2.45, 2.75) is 37.4 Å². The summed E-state index contributed by atoms with van der Waals surface area (Å²) in [5, 5.41) is 1.68. The van der Waals surface area contributed by atoms with E-state index < -0.39 is 11.9 Å². The van der Waals surface area contributed by atoms with E-state index in [-0.39, 0.29) is 11.5 Å². The number of likely N-dealkylation sites (tertiary alicyclic amines) is 1. The summed E-state index contributed by atoms with van der Waals surface area (Å²) < 4.78 is 38.4. The molecular weight excluding hydrogens is 509 g/mol. The third kappa shape index (κ3) is 5.60. The van der Waals surface area contributed by atoms with E-state index >= 15 is 0 Å². The van der Waals surface area contributed by atoms with Gasteiger partial charge < -0.3 is 14.4 Å². The fourth-order valence-corrected chi connectivity index (χ4v) is 5.79. The predicted molar refractivity (Wildman–Crippen MR) is 142 cm³/mol. The number of piperidine rings is 1. The lowest BCUT2D eigenvalue weighted by Gasteiger charge is -2.39. The Labute approximate surface area is 223 Å². The van der Waals surface area contributed by atoms with Gasteiger partial charge in [-0.15, -0.1) is 8.86 Å². The molecule has 38 heavy (non-hydrogen) atoms. The zero-order valence-electron chi connectivity index (χ0n) is 21.2. The van der Waals surface area contributed by atoms with Crippen LogP contribution in [-0.4, -0.2) is 63.6 Å². The van der Waals surface area contributed by atoms with Crippen LogP contribution in [-0.2, 0) is 16.9 Å². The predicted octanol–water partition coefficient (Wildman–Crippen LogP) is 3.65. The van der Waals surface area contributed by atoms with E-state index in [1.54, 1.807) is 36.6 Å². The summed E-state index contributed by atoms with van der Waals surface area (Å²) in [7, 11) is 5.32. The van der Waals surface area contributed by atoms with Gasteiger partial charge in [-0.05, 0) is 54.6 Å². The van der Waals surface area contributed by atoms with Gasteiger partial charge in [-0.2, -0.15) is 8.78 Å². The molecule has 0 aromatic carbocycles. The molecule has 1 unspecified atom stereocenters. The summed E-state index contributed by atoms with van der Waals surface area (Å²) in [6.45, 7) is 3.69. The minimum atomic E-state index is -0.543. The van der Waals surface area contributed by atoms with Crippen LogP contribution in [0.3, 0.4) is 0 Å². The van der Waals surface area contributed by atoms with Crippen molar-refractivity contribution in [3.05, 3.63) is 83.1 Å². The van der Waals surface area contributed by atoms with Crippen molar-refractivity contribution >= 4 is 14.3 Å². The number of halogens is 2. The number of methoxy groups -OCH3 is 1. The van der Waals surface area contributed by atoms with Gasteiger partial charge in [0.15, 0.2) is 0 Å². The first kappa shape index (κ1) is 26.7. The standard InChI is InChI=1S/C27H31F2N6O2P/c1-36-24-6-4-19(15-33-24)25(18-3-5-22(28)31-14-18)26(38)35(30)10-2-9-34-11-7-27(8-12-34)21-16-32-23(29)13-20(21)17-37-27/h3-6,13-16,25,38H,2,7-12,17,30H2,1H3. The molecule has 3 aromatic rings.